The van der Waals surface area contributed by atoms with Gasteiger partial charge in [-0.05, 0) is 69.0 Å². The number of nitrogens with one attached hydrogen (secondary N) is 1. The van der Waals surface area contributed by atoms with Gasteiger partial charge in [0.1, 0.15) is 17.4 Å². The number of rotatable bonds is 8. The van der Waals surface area contributed by atoms with Gasteiger partial charge in [0.05, 0.1) is 10.3 Å². The Morgan fingerprint density at radius 2 is 1.78 bits per heavy atom. The van der Waals surface area contributed by atoms with Crippen LogP contribution in [-0.2, 0) is 21.2 Å². The van der Waals surface area contributed by atoms with E-state index in [0.717, 1.165) is 29.5 Å². The van der Waals surface area contributed by atoms with Crippen molar-refractivity contribution in [2.24, 2.45) is 0 Å². The second-order valence-corrected chi connectivity index (χ2v) is 9.62. The number of aryl methyl sites for hydroxylation is 3. The number of esters is 1. The van der Waals surface area contributed by atoms with Crippen molar-refractivity contribution in [3.05, 3.63) is 69.6 Å². The lowest BCUT2D eigenvalue weighted by Crippen LogP contribution is -2.40. The predicted molar refractivity (Wildman–Crippen MR) is 122 cm³/mol. The van der Waals surface area contributed by atoms with Gasteiger partial charge in [-0.15, -0.1) is 0 Å². The lowest BCUT2D eigenvalue weighted by molar-refractivity contribution is -0.135. The van der Waals surface area contributed by atoms with Gasteiger partial charge in [0.2, 0.25) is 10.0 Å². The molecule has 3 aromatic rings. The standard InChI is InChI=1S/C24H27NO6S/c1-5-6-7-18-14-22(26)30-20-12-16(3)13-21(23(18)20)31-24(27)17(4)25-32(28,29)19-10-8-15(2)9-11-19/h8-14,17,25H,5-7H2,1-4H3. The third-order valence-electron chi connectivity index (χ3n) is 5.06. The summed E-state index contributed by atoms with van der Waals surface area (Å²) in [6, 6.07) is 9.99. The summed E-state index contributed by atoms with van der Waals surface area (Å²) in [5, 5.41) is 0.547. The SMILES string of the molecule is CCCCc1cc(=O)oc2cc(C)cc(OC(=O)C(C)NS(=O)(=O)c3ccc(C)cc3)c12. The number of fused-ring (bicyclic) bond motifs is 1. The number of carbonyl (C=O) groups excluding carboxylic acids is 1. The van der Waals surface area contributed by atoms with Crippen LogP contribution in [0, 0.1) is 13.8 Å². The molecule has 0 aliphatic heterocycles. The molecule has 0 saturated carbocycles. The number of benzene rings is 2. The highest BCUT2D eigenvalue weighted by Crippen LogP contribution is 2.31. The molecule has 0 fully saturated rings. The Labute approximate surface area is 187 Å². The van der Waals surface area contributed by atoms with Gasteiger partial charge in [-0.3, -0.25) is 0 Å². The first kappa shape index (κ1) is 23.7. The van der Waals surface area contributed by atoms with Crippen LogP contribution in [0.3, 0.4) is 0 Å². The molecule has 8 heteroatoms. The maximum atomic E-state index is 12.8. The van der Waals surface area contributed by atoms with Crippen molar-refractivity contribution in [1.82, 2.24) is 4.72 Å². The van der Waals surface area contributed by atoms with Crippen molar-refractivity contribution >= 4 is 27.0 Å². The van der Waals surface area contributed by atoms with Crippen LogP contribution < -0.4 is 15.1 Å². The molecule has 0 radical (unpaired) electrons. The van der Waals surface area contributed by atoms with Crippen LogP contribution in [0.1, 0.15) is 43.4 Å². The molecule has 7 nitrogen and oxygen atoms in total. The fourth-order valence-corrected chi connectivity index (χ4v) is 4.57. The van der Waals surface area contributed by atoms with E-state index >= 15 is 0 Å². The smallest absolute Gasteiger partial charge is 0.336 e. The average molecular weight is 458 g/mol. The van der Waals surface area contributed by atoms with Crippen molar-refractivity contribution in [2.45, 2.75) is 57.9 Å². The number of carbonyl (C=O) groups is 1. The fraction of sp³-hybridized carbons (Fsp3) is 0.333. The van der Waals surface area contributed by atoms with Gasteiger partial charge in [-0.2, -0.15) is 4.72 Å². The molecule has 1 atom stereocenters. The second kappa shape index (κ2) is 9.67. The highest BCUT2D eigenvalue weighted by molar-refractivity contribution is 7.89. The minimum Gasteiger partial charge on any atom is -0.425 e. The van der Waals surface area contributed by atoms with E-state index in [9.17, 15) is 18.0 Å². The summed E-state index contributed by atoms with van der Waals surface area (Å²) in [6.07, 6.45) is 2.41. The number of sulfonamides is 1. The summed E-state index contributed by atoms with van der Waals surface area (Å²) in [4.78, 5) is 24.8. The topological polar surface area (TPSA) is 103 Å². The predicted octanol–water partition coefficient (Wildman–Crippen LogP) is 4.02. The Bertz CT molecular complexity index is 1290. The van der Waals surface area contributed by atoms with Crippen molar-refractivity contribution in [3.63, 3.8) is 0 Å². The third-order valence-corrected chi connectivity index (χ3v) is 6.62. The molecule has 0 aliphatic rings. The Kier molecular flexibility index (Phi) is 7.16. The maximum absolute atomic E-state index is 12.8. The van der Waals surface area contributed by atoms with Crippen molar-refractivity contribution in [2.75, 3.05) is 0 Å². The highest BCUT2D eigenvalue weighted by Gasteiger charge is 2.25. The van der Waals surface area contributed by atoms with Crippen molar-refractivity contribution in [3.8, 4) is 5.75 Å². The highest BCUT2D eigenvalue weighted by atomic mass is 32.2. The zero-order valence-electron chi connectivity index (χ0n) is 18.6. The molecule has 170 valence electrons. The quantitative estimate of drug-likeness (QED) is 0.311. The molecular formula is C24H27NO6S. The van der Waals surface area contributed by atoms with Crippen LogP contribution in [0.5, 0.6) is 5.75 Å². The van der Waals surface area contributed by atoms with E-state index in [4.69, 9.17) is 9.15 Å². The largest absolute Gasteiger partial charge is 0.425 e. The van der Waals surface area contributed by atoms with Crippen molar-refractivity contribution in [1.29, 1.82) is 0 Å². The Balaban J connectivity index is 1.90. The molecule has 1 N–H and O–H groups in total. The minimum atomic E-state index is -3.90. The molecule has 0 spiro atoms. The lowest BCUT2D eigenvalue weighted by atomic mass is 10.0. The van der Waals surface area contributed by atoms with Crippen molar-refractivity contribution < 1.29 is 22.4 Å². The van der Waals surface area contributed by atoms with Gasteiger partial charge < -0.3 is 9.15 Å². The van der Waals surface area contributed by atoms with Crippen LogP contribution in [0.4, 0.5) is 0 Å². The van der Waals surface area contributed by atoms with Gasteiger partial charge in [-0.25, -0.2) is 18.0 Å². The molecule has 0 bridgehead atoms. The van der Waals surface area contributed by atoms with E-state index in [2.05, 4.69) is 4.72 Å². The zero-order valence-corrected chi connectivity index (χ0v) is 19.4. The van der Waals surface area contributed by atoms with E-state index in [0.29, 0.717) is 17.4 Å². The molecule has 32 heavy (non-hydrogen) atoms. The number of ether oxygens (including phenoxy) is 1. The van der Waals surface area contributed by atoms with E-state index in [-0.39, 0.29) is 10.6 Å². The molecule has 0 aliphatic carbocycles. The normalized spacial score (nSPS) is 12.6. The zero-order chi connectivity index (χ0) is 23.5. The molecular weight excluding hydrogens is 430 g/mol. The summed E-state index contributed by atoms with van der Waals surface area (Å²) in [5.74, 6) is -0.526. The molecule has 3 rings (SSSR count). The summed E-state index contributed by atoms with van der Waals surface area (Å²) >= 11 is 0. The van der Waals surface area contributed by atoms with Gasteiger partial charge >= 0.3 is 11.6 Å². The molecule has 1 aromatic heterocycles. The summed E-state index contributed by atoms with van der Waals surface area (Å²) in [5.41, 5.74) is 2.26. The minimum absolute atomic E-state index is 0.0624. The first-order chi connectivity index (χ1) is 15.1. The summed E-state index contributed by atoms with van der Waals surface area (Å²) < 4.78 is 38.5. The van der Waals surface area contributed by atoms with Crippen LogP contribution in [0.2, 0.25) is 0 Å². The average Bonchev–Trinajstić information content (AvgIpc) is 2.71. The van der Waals surface area contributed by atoms with E-state index in [1.807, 2.05) is 13.8 Å². The summed E-state index contributed by atoms with van der Waals surface area (Å²) in [6.45, 7) is 7.11. The van der Waals surface area contributed by atoms with E-state index in [1.54, 1.807) is 31.2 Å². The van der Waals surface area contributed by atoms with Gasteiger partial charge in [0.25, 0.3) is 0 Å². The number of hydrogen-bond donors (Lipinski definition) is 1. The molecule has 2 aromatic carbocycles. The van der Waals surface area contributed by atoms with Gasteiger partial charge in [0.15, 0.2) is 0 Å². The monoisotopic (exact) mass is 457 g/mol. The molecule has 1 heterocycles. The molecule has 0 amide bonds. The Morgan fingerprint density at radius 1 is 1.09 bits per heavy atom. The Morgan fingerprint density at radius 3 is 2.44 bits per heavy atom. The maximum Gasteiger partial charge on any atom is 0.336 e. The second-order valence-electron chi connectivity index (χ2n) is 7.91. The van der Waals surface area contributed by atoms with Crippen LogP contribution in [0.25, 0.3) is 11.0 Å². The summed E-state index contributed by atoms with van der Waals surface area (Å²) in [7, 11) is -3.90. The van der Waals surface area contributed by atoms with Crippen LogP contribution in [-0.4, -0.2) is 20.4 Å². The van der Waals surface area contributed by atoms with Gasteiger partial charge in [-0.1, -0.05) is 31.0 Å². The van der Waals surface area contributed by atoms with Crippen LogP contribution in [0.15, 0.2) is 56.6 Å². The lowest BCUT2D eigenvalue weighted by Gasteiger charge is -2.16. The van der Waals surface area contributed by atoms with E-state index < -0.39 is 27.7 Å². The molecule has 1 unspecified atom stereocenters. The number of unbranched alkanes of at least 4 members (excludes halogenated alkanes) is 1. The van der Waals surface area contributed by atoms with Crippen LogP contribution >= 0.6 is 0 Å². The first-order valence-corrected chi connectivity index (χ1v) is 12.0. The fourth-order valence-electron chi connectivity index (χ4n) is 3.38. The van der Waals surface area contributed by atoms with Gasteiger partial charge in [0, 0.05) is 6.07 Å². The Hall–Kier alpha value is -2.97. The first-order valence-electron chi connectivity index (χ1n) is 10.5. The molecule has 0 saturated heterocycles. The van der Waals surface area contributed by atoms with E-state index in [1.165, 1.54) is 25.1 Å². The third kappa shape index (κ3) is 5.44. The number of hydrogen-bond acceptors (Lipinski definition) is 6.